The van der Waals surface area contributed by atoms with Crippen molar-refractivity contribution in [3.8, 4) is 44.5 Å². The van der Waals surface area contributed by atoms with Crippen LogP contribution in [0.5, 0.6) is 0 Å². The molecule has 0 atom stereocenters. The number of nitrogens with zero attached hydrogens (tertiary/aromatic N) is 1. The molecule has 0 saturated carbocycles. The summed E-state index contributed by atoms with van der Waals surface area (Å²) in [4.78, 5) is 2.47. The molecular weight excluding hydrogens is 715 g/mol. The number of furan rings is 1. The van der Waals surface area contributed by atoms with Crippen LogP contribution in [0.15, 0.2) is 229 Å². The molecule has 10 aromatic carbocycles. The minimum Gasteiger partial charge on any atom is -0.455 e. The van der Waals surface area contributed by atoms with E-state index >= 15 is 0 Å². The molecule has 0 aliphatic rings. The Bertz CT molecular complexity index is 3290. The van der Waals surface area contributed by atoms with Crippen molar-refractivity contribution < 1.29 is 4.42 Å². The molecule has 11 aromatic rings. The summed E-state index contributed by atoms with van der Waals surface area (Å²) >= 11 is 0. The molecule has 0 N–H and O–H groups in total. The lowest BCUT2D eigenvalue weighted by Crippen LogP contribution is -2.18. The molecule has 0 fully saturated rings. The summed E-state index contributed by atoms with van der Waals surface area (Å²) in [5, 5.41) is 7.07. The van der Waals surface area contributed by atoms with E-state index in [-0.39, 0.29) is 0 Å². The number of hydrogen-bond acceptors (Lipinski definition) is 2. The zero-order valence-corrected chi connectivity index (χ0v) is 32.4. The fourth-order valence-corrected chi connectivity index (χ4v) is 8.77. The molecule has 59 heavy (non-hydrogen) atoms. The molecule has 0 radical (unpaired) electrons. The van der Waals surface area contributed by atoms with Crippen molar-refractivity contribution in [3.63, 3.8) is 0 Å². The van der Waals surface area contributed by atoms with Gasteiger partial charge in [0.2, 0.25) is 0 Å². The van der Waals surface area contributed by atoms with Crippen LogP contribution in [-0.2, 0) is 6.54 Å². The maximum atomic E-state index is 6.87. The molecule has 278 valence electrons. The van der Waals surface area contributed by atoms with Gasteiger partial charge >= 0.3 is 0 Å². The van der Waals surface area contributed by atoms with E-state index in [0.717, 1.165) is 49.8 Å². The Labute approximate surface area is 343 Å². The van der Waals surface area contributed by atoms with E-state index in [4.69, 9.17) is 4.42 Å². The predicted molar refractivity (Wildman–Crippen MR) is 249 cm³/mol. The number of hydrogen-bond donors (Lipinski definition) is 0. The number of rotatable bonds is 8. The first-order valence-electron chi connectivity index (χ1n) is 20.3. The van der Waals surface area contributed by atoms with Gasteiger partial charge in [-0.3, -0.25) is 0 Å². The van der Waals surface area contributed by atoms with E-state index in [1.807, 2.05) is 0 Å². The van der Waals surface area contributed by atoms with Crippen molar-refractivity contribution in [1.82, 2.24) is 0 Å². The Morgan fingerprint density at radius 2 is 0.881 bits per heavy atom. The van der Waals surface area contributed by atoms with Crippen LogP contribution in [0.3, 0.4) is 0 Å². The Morgan fingerprint density at radius 3 is 1.73 bits per heavy atom. The lowest BCUT2D eigenvalue weighted by atomic mass is 9.95. The molecule has 0 unspecified atom stereocenters. The van der Waals surface area contributed by atoms with Crippen LogP contribution in [0.1, 0.15) is 5.56 Å². The smallest absolute Gasteiger partial charge is 0.143 e. The highest BCUT2D eigenvalue weighted by Gasteiger charge is 2.20. The third-order valence-electron chi connectivity index (χ3n) is 11.8. The second kappa shape index (κ2) is 14.7. The van der Waals surface area contributed by atoms with Crippen LogP contribution in [0.2, 0.25) is 0 Å². The van der Waals surface area contributed by atoms with Gasteiger partial charge in [-0.1, -0.05) is 194 Å². The van der Waals surface area contributed by atoms with Gasteiger partial charge in [0.05, 0.1) is 0 Å². The summed E-state index contributed by atoms with van der Waals surface area (Å²) in [6.07, 6.45) is 0. The first-order chi connectivity index (χ1) is 29.2. The molecule has 1 aromatic heterocycles. The highest BCUT2D eigenvalue weighted by molar-refractivity contribution is 6.17. The van der Waals surface area contributed by atoms with E-state index in [1.54, 1.807) is 0 Å². The summed E-state index contributed by atoms with van der Waals surface area (Å²) in [5.74, 6) is 0. The maximum absolute atomic E-state index is 6.87. The first-order valence-corrected chi connectivity index (χ1v) is 20.3. The summed E-state index contributed by atoms with van der Waals surface area (Å²) in [7, 11) is 0. The van der Waals surface area contributed by atoms with Crippen LogP contribution in [0, 0.1) is 0 Å². The third-order valence-corrected chi connectivity index (χ3v) is 11.8. The molecule has 2 nitrogen and oxygen atoms in total. The molecule has 1 heterocycles. The largest absolute Gasteiger partial charge is 0.455 e. The molecule has 0 saturated heterocycles. The minimum absolute atomic E-state index is 0.643. The predicted octanol–water partition coefficient (Wildman–Crippen LogP) is 15.9. The standard InChI is InChI=1S/C57H39NO/c1-2-13-39(14-3-1)41-25-28-44(29-26-41)50-20-10-11-24-55(50)58(48-34-31-42(32-35-48)46-30-27-40-15-4-5-17-45(40)37-46)38-47-18-7-8-19-49(47)52-22-12-23-53-54-36-33-43-16-6-9-21-51(43)56(54)59-57(52)53/h1-37H,38H2. The normalized spacial score (nSPS) is 11.5. The van der Waals surface area contributed by atoms with Gasteiger partial charge in [0, 0.05) is 45.2 Å². The van der Waals surface area contributed by atoms with Gasteiger partial charge < -0.3 is 9.32 Å². The van der Waals surface area contributed by atoms with E-state index in [1.165, 1.54) is 55.1 Å². The molecule has 0 aliphatic heterocycles. The SMILES string of the molecule is c1ccc(-c2ccc(-c3ccccc3N(Cc3ccccc3-c3cccc4c3oc3c5ccccc5ccc43)c3ccc(-c4ccc5ccccc5c4)cc3)cc2)cc1. The highest BCUT2D eigenvalue weighted by atomic mass is 16.3. The molecular formula is C57H39NO. The minimum atomic E-state index is 0.643. The Balaban J connectivity index is 1.04. The molecule has 0 amide bonds. The van der Waals surface area contributed by atoms with Gasteiger partial charge in [0.25, 0.3) is 0 Å². The number of benzene rings is 10. The lowest BCUT2D eigenvalue weighted by molar-refractivity contribution is 0.673. The number of para-hydroxylation sites is 2. The number of anilines is 2. The highest BCUT2D eigenvalue weighted by Crippen LogP contribution is 2.42. The summed E-state index contributed by atoms with van der Waals surface area (Å²) in [5.41, 5.74) is 14.7. The Morgan fingerprint density at radius 1 is 0.322 bits per heavy atom. The summed E-state index contributed by atoms with van der Waals surface area (Å²) in [6.45, 7) is 0.643. The van der Waals surface area contributed by atoms with Crippen LogP contribution in [0.4, 0.5) is 11.4 Å². The van der Waals surface area contributed by atoms with Gasteiger partial charge in [-0.2, -0.15) is 0 Å². The van der Waals surface area contributed by atoms with E-state index in [9.17, 15) is 0 Å². The van der Waals surface area contributed by atoms with Crippen LogP contribution in [-0.4, -0.2) is 0 Å². The lowest BCUT2D eigenvalue weighted by Gasteiger charge is -2.29. The van der Waals surface area contributed by atoms with Crippen LogP contribution in [0.25, 0.3) is 88.0 Å². The molecule has 0 aliphatic carbocycles. The quantitative estimate of drug-likeness (QED) is 0.154. The fraction of sp³-hybridized carbons (Fsp3) is 0.0175. The van der Waals surface area contributed by atoms with Crippen molar-refractivity contribution >= 4 is 54.9 Å². The summed E-state index contributed by atoms with van der Waals surface area (Å²) in [6, 6.07) is 80.9. The van der Waals surface area contributed by atoms with Crippen molar-refractivity contribution in [2.45, 2.75) is 6.54 Å². The van der Waals surface area contributed by atoms with Gasteiger partial charge in [-0.05, 0) is 85.4 Å². The third kappa shape index (κ3) is 6.32. The van der Waals surface area contributed by atoms with Crippen molar-refractivity contribution in [1.29, 1.82) is 0 Å². The Hall–Kier alpha value is -7.68. The van der Waals surface area contributed by atoms with Crippen molar-refractivity contribution in [2.75, 3.05) is 4.90 Å². The summed E-state index contributed by atoms with van der Waals surface area (Å²) < 4.78 is 6.87. The Kier molecular flexibility index (Phi) is 8.60. The van der Waals surface area contributed by atoms with Crippen molar-refractivity contribution in [2.24, 2.45) is 0 Å². The molecule has 0 bridgehead atoms. The maximum Gasteiger partial charge on any atom is 0.143 e. The fourth-order valence-electron chi connectivity index (χ4n) is 8.77. The van der Waals surface area contributed by atoms with Crippen LogP contribution >= 0.6 is 0 Å². The van der Waals surface area contributed by atoms with Crippen LogP contribution < -0.4 is 4.90 Å². The van der Waals surface area contributed by atoms with Gasteiger partial charge in [-0.25, -0.2) is 0 Å². The van der Waals surface area contributed by atoms with E-state index < -0.39 is 0 Å². The van der Waals surface area contributed by atoms with E-state index in [2.05, 4.69) is 229 Å². The van der Waals surface area contributed by atoms with Gasteiger partial charge in [0.15, 0.2) is 0 Å². The van der Waals surface area contributed by atoms with E-state index in [0.29, 0.717) is 6.54 Å². The molecule has 2 heteroatoms. The van der Waals surface area contributed by atoms with Gasteiger partial charge in [-0.15, -0.1) is 0 Å². The molecule has 11 rings (SSSR count). The second-order valence-electron chi connectivity index (χ2n) is 15.3. The monoisotopic (exact) mass is 753 g/mol. The average molecular weight is 754 g/mol. The van der Waals surface area contributed by atoms with Gasteiger partial charge in [0.1, 0.15) is 11.2 Å². The topological polar surface area (TPSA) is 16.4 Å². The first kappa shape index (κ1) is 34.6. The second-order valence-corrected chi connectivity index (χ2v) is 15.3. The average Bonchev–Trinajstić information content (AvgIpc) is 3.71. The molecule has 0 spiro atoms. The zero-order chi connectivity index (χ0) is 39.1. The number of fused-ring (bicyclic) bond motifs is 6. The zero-order valence-electron chi connectivity index (χ0n) is 32.4. The van der Waals surface area contributed by atoms with Crippen molar-refractivity contribution in [3.05, 3.63) is 230 Å².